The first-order chi connectivity index (χ1) is 7.28. The molecule has 0 saturated carbocycles. The van der Waals surface area contributed by atoms with Crippen molar-refractivity contribution in [3.63, 3.8) is 0 Å². The van der Waals surface area contributed by atoms with Crippen molar-refractivity contribution in [1.82, 2.24) is 0 Å². The van der Waals surface area contributed by atoms with Crippen molar-refractivity contribution in [2.24, 2.45) is 0 Å². The second kappa shape index (κ2) is 5.20. The van der Waals surface area contributed by atoms with Crippen LogP contribution in [0.25, 0.3) is 24.3 Å². The maximum Gasteiger partial charge on any atom is 0.135 e. The van der Waals surface area contributed by atoms with Gasteiger partial charge in [-0.1, -0.05) is 37.5 Å². The van der Waals surface area contributed by atoms with Gasteiger partial charge in [0.25, 0.3) is 0 Å². The van der Waals surface area contributed by atoms with Gasteiger partial charge in [-0.05, 0) is 26.0 Å². The molecular weight excluding hydrogens is 184 g/mol. The van der Waals surface area contributed by atoms with Gasteiger partial charge in [0.15, 0.2) is 0 Å². The highest BCUT2D eigenvalue weighted by Gasteiger charge is 2.11. The third kappa shape index (κ3) is 2.18. The van der Waals surface area contributed by atoms with E-state index in [0.29, 0.717) is 0 Å². The van der Waals surface area contributed by atoms with Gasteiger partial charge in [-0.3, -0.25) is 0 Å². The number of hydrogen-bond acceptors (Lipinski definition) is 1. The van der Waals surface area contributed by atoms with Crippen molar-refractivity contribution >= 4 is 24.3 Å². The Morgan fingerprint density at radius 1 is 0.867 bits per heavy atom. The summed E-state index contributed by atoms with van der Waals surface area (Å²) in [5.41, 5.74) is 1.99. The van der Waals surface area contributed by atoms with Crippen molar-refractivity contribution in [2.45, 2.75) is 13.8 Å². The Bertz CT molecular complexity index is 378. The third-order valence-corrected chi connectivity index (χ3v) is 2.09. The van der Waals surface area contributed by atoms with Gasteiger partial charge in [-0.15, -0.1) is 0 Å². The number of furan rings is 1. The molecule has 0 fully saturated rings. The highest BCUT2D eigenvalue weighted by atomic mass is 16.3. The fourth-order valence-corrected chi connectivity index (χ4v) is 1.47. The van der Waals surface area contributed by atoms with Crippen LogP contribution in [0, 0.1) is 0 Å². The van der Waals surface area contributed by atoms with Crippen molar-refractivity contribution < 1.29 is 4.42 Å². The van der Waals surface area contributed by atoms with E-state index < -0.39 is 0 Å². The molecule has 0 aliphatic carbocycles. The lowest BCUT2D eigenvalue weighted by Crippen LogP contribution is -1.76. The molecular formula is C14H16O. The molecule has 0 atom stereocenters. The first-order valence-corrected chi connectivity index (χ1v) is 4.95. The summed E-state index contributed by atoms with van der Waals surface area (Å²) in [7, 11) is 0. The highest BCUT2D eigenvalue weighted by molar-refractivity contribution is 5.76. The molecule has 1 rings (SSSR count). The van der Waals surface area contributed by atoms with E-state index >= 15 is 0 Å². The number of allylic oxidation sites excluding steroid dienone is 2. The predicted molar refractivity (Wildman–Crippen MR) is 68.3 cm³/mol. The first-order valence-electron chi connectivity index (χ1n) is 4.95. The van der Waals surface area contributed by atoms with E-state index in [0.717, 1.165) is 22.6 Å². The lowest BCUT2D eigenvalue weighted by molar-refractivity contribution is 0.546. The van der Waals surface area contributed by atoms with Crippen LogP contribution < -0.4 is 0 Å². The Balaban J connectivity index is 3.42. The molecule has 1 aromatic rings. The van der Waals surface area contributed by atoms with Crippen LogP contribution in [0.3, 0.4) is 0 Å². The highest BCUT2D eigenvalue weighted by Crippen LogP contribution is 2.27. The number of rotatable bonds is 4. The van der Waals surface area contributed by atoms with Crippen LogP contribution in [0.2, 0.25) is 0 Å². The second-order valence-electron chi connectivity index (χ2n) is 3.07. The molecule has 0 bridgehead atoms. The summed E-state index contributed by atoms with van der Waals surface area (Å²) in [5, 5.41) is 0. The monoisotopic (exact) mass is 200 g/mol. The normalized spacial score (nSPS) is 11.3. The molecule has 1 aromatic heterocycles. The lowest BCUT2D eigenvalue weighted by Gasteiger charge is -1.91. The molecule has 1 nitrogen and oxygen atoms in total. The van der Waals surface area contributed by atoms with Gasteiger partial charge in [0.1, 0.15) is 11.5 Å². The Kier molecular flexibility index (Phi) is 3.92. The van der Waals surface area contributed by atoms with Gasteiger partial charge >= 0.3 is 0 Å². The average molecular weight is 200 g/mol. The maximum atomic E-state index is 5.69. The minimum Gasteiger partial charge on any atom is -0.456 e. The van der Waals surface area contributed by atoms with Gasteiger partial charge in [0.2, 0.25) is 0 Å². The molecule has 0 radical (unpaired) electrons. The van der Waals surface area contributed by atoms with E-state index in [-0.39, 0.29) is 0 Å². The zero-order valence-corrected chi connectivity index (χ0v) is 9.29. The molecule has 78 valence electrons. The van der Waals surface area contributed by atoms with Gasteiger partial charge < -0.3 is 4.42 Å². The summed E-state index contributed by atoms with van der Waals surface area (Å²) in [6.45, 7) is 11.5. The second-order valence-corrected chi connectivity index (χ2v) is 3.07. The molecule has 1 heterocycles. The molecule has 0 aliphatic heterocycles. The van der Waals surface area contributed by atoms with Crippen LogP contribution in [-0.2, 0) is 0 Å². The van der Waals surface area contributed by atoms with Crippen molar-refractivity contribution in [3.05, 3.63) is 48.0 Å². The standard InChI is InChI=1S/C14H16O/c1-5-9-13-11(7-3)12(8-4)14(15-13)10-6-2/h5-10H,3-4H2,1-2H3/b9-5-,10-6-. The molecule has 0 spiro atoms. The van der Waals surface area contributed by atoms with E-state index in [4.69, 9.17) is 4.42 Å². The fraction of sp³-hybridized carbons (Fsp3) is 0.143. The smallest absolute Gasteiger partial charge is 0.135 e. The summed E-state index contributed by atoms with van der Waals surface area (Å²) in [6, 6.07) is 0. The first kappa shape index (κ1) is 11.3. The maximum absolute atomic E-state index is 5.69. The number of hydrogen-bond donors (Lipinski definition) is 0. The summed E-state index contributed by atoms with van der Waals surface area (Å²) in [5.74, 6) is 1.66. The van der Waals surface area contributed by atoms with Gasteiger partial charge in [-0.2, -0.15) is 0 Å². The van der Waals surface area contributed by atoms with E-state index in [9.17, 15) is 0 Å². The average Bonchev–Trinajstić information content (AvgIpc) is 2.56. The summed E-state index contributed by atoms with van der Waals surface area (Å²) in [6.07, 6.45) is 11.3. The molecule has 0 aromatic carbocycles. The molecule has 0 unspecified atom stereocenters. The molecule has 0 amide bonds. The van der Waals surface area contributed by atoms with E-state index in [2.05, 4.69) is 13.2 Å². The molecule has 0 saturated heterocycles. The van der Waals surface area contributed by atoms with Crippen molar-refractivity contribution in [2.75, 3.05) is 0 Å². The predicted octanol–water partition coefficient (Wildman–Crippen LogP) is 4.63. The van der Waals surface area contributed by atoms with Crippen LogP contribution in [0.4, 0.5) is 0 Å². The fourth-order valence-electron chi connectivity index (χ4n) is 1.47. The zero-order valence-electron chi connectivity index (χ0n) is 9.29. The Morgan fingerprint density at radius 3 is 1.53 bits per heavy atom. The summed E-state index contributed by atoms with van der Waals surface area (Å²) in [4.78, 5) is 0. The quantitative estimate of drug-likeness (QED) is 0.690. The summed E-state index contributed by atoms with van der Waals surface area (Å²) < 4.78 is 5.69. The largest absolute Gasteiger partial charge is 0.456 e. The minimum absolute atomic E-state index is 0.829. The zero-order chi connectivity index (χ0) is 11.3. The van der Waals surface area contributed by atoms with E-state index in [1.54, 1.807) is 12.2 Å². The van der Waals surface area contributed by atoms with Gasteiger partial charge in [0.05, 0.1) is 0 Å². The van der Waals surface area contributed by atoms with E-state index in [1.165, 1.54) is 0 Å². The van der Waals surface area contributed by atoms with Crippen LogP contribution in [0.5, 0.6) is 0 Å². The molecule has 0 N–H and O–H groups in total. The summed E-state index contributed by atoms with van der Waals surface area (Å²) >= 11 is 0. The van der Waals surface area contributed by atoms with Gasteiger partial charge in [0, 0.05) is 11.1 Å². The Labute approximate surface area is 91.1 Å². The molecule has 15 heavy (non-hydrogen) atoms. The van der Waals surface area contributed by atoms with Crippen molar-refractivity contribution in [1.29, 1.82) is 0 Å². The van der Waals surface area contributed by atoms with Crippen LogP contribution >= 0.6 is 0 Å². The van der Waals surface area contributed by atoms with Crippen LogP contribution in [0.15, 0.2) is 29.7 Å². The molecule has 1 heteroatoms. The lowest BCUT2D eigenvalue weighted by atomic mass is 10.1. The Hall–Kier alpha value is -1.76. The minimum atomic E-state index is 0.829. The molecule has 0 aliphatic rings. The van der Waals surface area contributed by atoms with Gasteiger partial charge in [-0.25, -0.2) is 0 Å². The third-order valence-electron chi connectivity index (χ3n) is 2.09. The van der Waals surface area contributed by atoms with Crippen LogP contribution in [-0.4, -0.2) is 0 Å². The van der Waals surface area contributed by atoms with Crippen molar-refractivity contribution in [3.8, 4) is 0 Å². The van der Waals surface area contributed by atoms with Crippen LogP contribution in [0.1, 0.15) is 36.5 Å². The SMILES string of the molecule is C=Cc1c(/C=C\C)oc(/C=C\C)c1C=C. The topological polar surface area (TPSA) is 13.1 Å². The Morgan fingerprint density at radius 2 is 1.27 bits per heavy atom. The van der Waals surface area contributed by atoms with E-state index in [1.807, 2.05) is 38.2 Å².